The van der Waals surface area contributed by atoms with Crippen LogP contribution in [0.25, 0.3) is 0 Å². The van der Waals surface area contributed by atoms with Gasteiger partial charge in [0.2, 0.25) is 0 Å². The fourth-order valence-electron chi connectivity index (χ4n) is 2.25. The number of hydrogen-bond acceptors (Lipinski definition) is 5. The molecule has 0 heterocycles. The SMILES string of the molecule is Cc1ccccc1OCC(=O)NNC(=S)NC(=O)c1ccc(OCC(C)C)c(Br)c1. The van der Waals surface area contributed by atoms with Crippen LogP contribution >= 0.6 is 28.1 Å². The molecule has 0 radical (unpaired) electrons. The number of rotatable bonds is 7. The minimum absolute atomic E-state index is 0.0412. The Kier molecular flexibility index (Phi) is 9.07. The van der Waals surface area contributed by atoms with Crippen LogP contribution in [0, 0.1) is 12.8 Å². The molecule has 0 bridgehead atoms. The number of carbonyl (C=O) groups excluding carboxylic acids is 2. The van der Waals surface area contributed by atoms with E-state index in [1.54, 1.807) is 24.3 Å². The molecule has 0 aliphatic carbocycles. The van der Waals surface area contributed by atoms with E-state index in [-0.39, 0.29) is 11.7 Å². The maximum atomic E-state index is 12.3. The van der Waals surface area contributed by atoms with E-state index in [1.807, 2.05) is 25.1 Å². The minimum atomic E-state index is -0.441. The van der Waals surface area contributed by atoms with E-state index in [2.05, 4.69) is 45.9 Å². The molecule has 0 unspecified atom stereocenters. The molecule has 3 N–H and O–H groups in total. The fraction of sp³-hybridized carbons (Fsp3) is 0.286. The second-order valence-corrected chi connectivity index (χ2v) is 8.12. The smallest absolute Gasteiger partial charge is 0.276 e. The van der Waals surface area contributed by atoms with Gasteiger partial charge in [0.25, 0.3) is 11.8 Å². The van der Waals surface area contributed by atoms with Crippen molar-refractivity contribution in [2.45, 2.75) is 20.8 Å². The quantitative estimate of drug-likeness (QED) is 0.404. The third-order valence-corrected chi connectivity index (χ3v) is 4.58. The summed E-state index contributed by atoms with van der Waals surface area (Å²) in [5, 5.41) is 2.45. The lowest BCUT2D eigenvalue weighted by atomic mass is 10.2. The van der Waals surface area contributed by atoms with E-state index >= 15 is 0 Å². The van der Waals surface area contributed by atoms with Crippen LogP contribution in [0.4, 0.5) is 0 Å². The number of nitrogens with one attached hydrogen (secondary N) is 3. The van der Waals surface area contributed by atoms with Gasteiger partial charge in [-0.1, -0.05) is 32.0 Å². The van der Waals surface area contributed by atoms with Crippen LogP contribution in [-0.4, -0.2) is 30.1 Å². The highest BCUT2D eigenvalue weighted by molar-refractivity contribution is 9.10. The molecule has 9 heteroatoms. The number of thiocarbonyl (C=S) groups is 1. The maximum absolute atomic E-state index is 12.3. The van der Waals surface area contributed by atoms with Crippen LogP contribution in [0.1, 0.15) is 29.8 Å². The lowest BCUT2D eigenvalue weighted by Gasteiger charge is -2.13. The van der Waals surface area contributed by atoms with E-state index in [9.17, 15) is 9.59 Å². The molecule has 7 nitrogen and oxygen atoms in total. The second-order valence-electron chi connectivity index (χ2n) is 6.86. The van der Waals surface area contributed by atoms with Gasteiger partial charge in [-0.05, 0) is 70.8 Å². The summed E-state index contributed by atoms with van der Waals surface area (Å²) in [5.41, 5.74) is 6.16. The summed E-state index contributed by atoms with van der Waals surface area (Å²) >= 11 is 8.44. The first-order chi connectivity index (χ1) is 14.3. The highest BCUT2D eigenvalue weighted by atomic mass is 79.9. The summed E-state index contributed by atoms with van der Waals surface area (Å²) in [6, 6.07) is 12.4. The van der Waals surface area contributed by atoms with Crippen molar-refractivity contribution in [3.05, 3.63) is 58.1 Å². The number of carbonyl (C=O) groups is 2. The molecular weight excluding hydrogens is 470 g/mol. The molecule has 2 aromatic carbocycles. The molecule has 0 fully saturated rings. The van der Waals surface area contributed by atoms with Gasteiger partial charge in [-0.3, -0.25) is 25.8 Å². The maximum Gasteiger partial charge on any atom is 0.276 e. The van der Waals surface area contributed by atoms with Crippen LogP contribution < -0.4 is 25.6 Å². The summed E-state index contributed by atoms with van der Waals surface area (Å²) < 4.78 is 11.8. The predicted molar refractivity (Wildman–Crippen MR) is 122 cm³/mol. The van der Waals surface area contributed by atoms with Gasteiger partial charge in [0.15, 0.2) is 11.7 Å². The molecule has 30 heavy (non-hydrogen) atoms. The molecule has 160 valence electrons. The van der Waals surface area contributed by atoms with E-state index in [4.69, 9.17) is 21.7 Å². The Morgan fingerprint density at radius 2 is 1.80 bits per heavy atom. The standard InChI is InChI=1S/C21H24BrN3O4S/c1-13(2)11-28-18-9-8-15(10-16(18)22)20(27)23-21(30)25-24-19(26)12-29-17-7-5-4-6-14(17)3/h4-10,13H,11-12H2,1-3H3,(H,24,26)(H2,23,25,27,30). The van der Waals surface area contributed by atoms with Crippen molar-refractivity contribution in [2.24, 2.45) is 5.92 Å². The van der Waals surface area contributed by atoms with Gasteiger partial charge in [0.05, 0.1) is 11.1 Å². The van der Waals surface area contributed by atoms with Gasteiger partial charge >= 0.3 is 0 Å². The van der Waals surface area contributed by atoms with Gasteiger partial charge < -0.3 is 9.47 Å². The number of halogens is 1. The molecule has 0 aliphatic rings. The molecule has 0 saturated heterocycles. The first-order valence-electron chi connectivity index (χ1n) is 9.27. The molecular formula is C21H24BrN3O4S. The fourth-order valence-corrected chi connectivity index (χ4v) is 2.88. The number of ether oxygens (including phenoxy) is 2. The number of hydrogen-bond donors (Lipinski definition) is 3. The number of hydrazine groups is 1. The van der Waals surface area contributed by atoms with E-state index < -0.39 is 11.8 Å². The molecule has 2 rings (SSSR count). The average molecular weight is 494 g/mol. The van der Waals surface area contributed by atoms with E-state index in [1.165, 1.54) is 0 Å². The Morgan fingerprint density at radius 3 is 2.47 bits per heavy atom. The summed E-state index contributed by atoms with van der Waals surface area (Å²) in [6.45, 7) is 6.37. The van der Waals surface area contributed by atoms with Crippen molar-refractivity contribution in [1.29, 1.82) is 0 Å². The Morgan fingerprint density at radius 1 is 1.07 bits per heavy atom. The predicted octanol–water partition coefficient (Wildman–Crippen LogP) is 3.51. The summed E-state index contributed by atoms with van der Waals surface area (Å²) in [4.78, 5) is 24.2. The molecule has 0 atom stereocenters. The van der Waals surface area contributed by atoms with Crippen LogP contribution in [0.5, 0.6) is 11.5 Å². The Labute approximate surface area is 189 Å². The van der Waals surface area contributed by atoms with Crippen LogP contribution in [0.2, 0.25) is 0 Å². The third kappa shape index (κ3) is 7.64. The van der Waals surface area contributed by atoms with Gasteiger partial charge in [-0.25, -0.2) is 0 Å². The van der Waals surface area contributed by atoms with Crippen molar-refractivity contribution in [2.75, 3.05) is 13.2 Å². The minimum Gasteiger partial charge on any atom is -0.492 e. The zero-order chi connectivity index (χ0) is 22.1. The lowest BCUT2D eigenvalue weighted by molar-refractivity contribution is -0.123. The summed E-state index contributed by atoms with van der Waals surface area (Å²) in [5.74, 6) is 0.802. The number of aryl methyl sites for hydroxylation is 1. The lowest BCUT2D eigenvalue weighted by Crippen LogP contribution is -2.49. The van der Waals surface area contributed by atoms with Crippen molar-refractivity contribution >= 4 is 45.1 Å². The van der Waals surface area contributed by atoms with Gasteiger partial charge in [-0.2, -0.15) is 0 Å². The highest BCUT2D eigenvalue weighted by Crippen LogP contribution is 2.26. The normalized spacial score (nSPS) is 10.3. The number of benzene rings is 2. The molecule has 0 aliphatic heterocycles. The van der Waals surface area contributed by atoms with E-state index in [0.29, 0.717) is 34.1 Å². The van der Waals surface area contributed by atoms with Gasteiger partial charge in [0, 0.05) is 5.56 Å². The molecule has 2 aromatic rings. The van der Waals surface area contributed by atoms with Gasteiger partial charge in [-0.15, -0.1) is 0 Å². The Balaban J connectivity index is 1.78. The van der Waals surface area contributed by atoms with Crippen molar-refractivity contribution in [1.82, 2.24) is 16.2 Å². The number of para-hydroxylation sites is 1. The monoisotopic (exact) mass is 493 g/mol. The largest absolute Gasteiger partial charge is 0.492 e. The van der Waals surface area contributed by atoms with Crippen molar-refractivity contribution in [3.63, 3.8) is 0 Å². The molecule has 0 spiro atoms. The van der Waals surface area contributed by atoms with Gasteiger partial charge in [0.1, 0.15) is 11.5 Å². The molecule has 0 aromatic heterocycles. The van der Waals surface area contributed by atoms with Crippen molar-refractivity contribution < 1.29 is 19.1 Å². The van der Waals surface area contributed by atoms with E-state index in [0.717, 1.165) is 5.56 Å². The molecule has 2 amide bonds. The zero-order valence-electron chi connectivity index (χ0n) is 17.0. The Hall–Kier alpha value is -2.65. The van der Waals surface area contributed by atoms with Crippen LogP contribution in [-0.2, 0) is 4.79 Å². The molecule has 0 saturated carbocycles. The zero-order valence-corrected chi connectivity index (χ0v) is 19.4. The first kappa shape index (κ1) is 23.6. The summed E-state index contributed by atoms with van der Waals surface area (Å²) in [6.07, 6.45) is 0. The number of amides is 2. The van der Waals surface area contributed by atoms with Crippen LogP contribution in [0.15, 0.2) is 46.9 Å². The van der Waals surface area contributed by atoms with Crippen molar-refractivity contribution in [3.8, 4) is 11.5 Å². The first-order valence-corrected chi connectivity index (χ1v) is 10.5. The topological polar surface area (TPSA) is 88.7 Å². The highest BCUT2D eigenvalue weighted by Gasteiger charge is 2.12. The van der Waals surface area contributed by atoms with Crippen LogP contribution in [0.3, 0.4) is 0 Å². The second kappa shape index (κ2) is 11.5. The average Bonchev–Trinajstić information content (AvgIpc) is 2.70. The third-order valence-electron chi connectivity index (χ3n) is 3.76. The summed E-state index contributed by atoms with van der Waals surface area (Å²) in [7, 11) is 0. The Bertz CT molecular complexity index is 921.